The molecule has 2 unspecified atom stereocenters. The van der Waals surface area contributed by atoms with Crippen LogP contribution in [0.5, 0.6) is 0 Å². The molecule has 0 aromatic heterocycles. The summed E-state index contributed by atoms with van der Waals surface area (Å²) in [5.74, 6) is -0.594. The van der Waals surface area contributed by atoms with Crippen LogP contribution in [0, 0.1) is 0 Å². The summed E-state index contributed by atoms with van der Waals surface area (Å²) in [6, 6.07) is 3.76. The first-order chi connectivity index (χ1) is 9.40. The van der Waals surface area contributed by atoms with Gasteiger partial charge in [0.2, 0.25) is 0 Å². The lowest BCUT2D eigenvalue weighted by Gasteiger charge is -2.25. The van der Waals surface area contributed by atoms with Crippen molar-refractivity contribution in [2.24, 2.45) is 0 Å². The Bertz CT molecular complexity index is 558. The van der Waals surface area contributed by atoms with E-state index in [0.29, 0.717) is 20.9 Å². The number of aliphatic carboxylic acids is 1. The van der Waals surface area contributed by atoms with Gasteiger partial charge >= 0.3 is 12.0 Å². The van der Waals surface area contributed by atoms with Crippen molar-refractivity contribution in [1.82, 2.24) is 4.90 Å². The van der Waals surface area contributed by atoms with Crippen molar-refractivity contribution < 1.29 is 14.7 Å². The largest absolute Gasteiger partial charge is 0.480 e. The number of carbonyl (C=O) groups is 2. The maximum atomic E-state index is 12.2. The van der Waals surface area contributed by atoms with Crippen LogP contribution in [-0.4, -0.2) is 39.2 Å². The normalized spacial score (nSPS) is 21.9. The Hall–Kier alpha value is -0.920. The predicted octanol–water partition coefficient (Wildman–Crippen LogP) is 3.48. The van der Waals surface area contributed by atoms with E-state index in [2.05, 4.69) is 21.2 Å². The minimum atomic E-state index is -0.991. The molecule has 0 saturated carbocycles. The van der Waals surface area contributed by atoms with Gasteiger partial charge in [0.25, 0.3) is 0 Å². The summed E-state index contributed by atoms with van der Waals surface area (Å²) < 4.78 is 0.663. The molecular weight excluding hydrogens is 368 g/mol. The summed E-state index contributed by atoms with van der Waals surface area (Å²) in [6.45, 7) is 1.81. The Balaban J connectivity index is 2.14. The van der Waals surface area contributed by atoms with Crippen LogP contribution in [0.2, 0.25) is 5.02 Å². The number of carboxylic acid groups (broad SMARTS) is 1. The summed E-state index contributed by atoms with van der Waals surface area (Å²) in [5.41, 5.74) is 0.555. The third kappa shape index (κ3) is 3.21. The van der Waals surface area contributed by atoms with Gasteiger partial charge in [0.05, 0.1) is 10.4 Å². The number of anilines is 1. The molecule has 2 N–H and O–H groups in total. The van der Waals surface area contributed by atoms with E-state index in [1.165, 1.54) is 16.7 Å². The number of rotatable bonds is 2. The van der Waals surface area contributed by atoms with Crippen LogP contribution in [0.3, 0.4) is 0 Å². The number of nitrogens with zero attached hydrogens (tertiary/aromatic N) is 1. The predicted molar refractivity (Wildman–Crippen MR) is 83.4 cm³/mol. The number of thioether (sulfide) groups is 1. The van der Waals surface area contributed by atoms with Crippen molar-refractivity contribution in [3.8, 4) is 0 Å². The molecule has 5 nitrogen and oxygen atoms in total. The van der Waals surface area contributed by atoms with E-state index in [0.717, 1.165) is 0 Å². The number of carboxylic acids is 1. The first-order valence-electron chi connectivity index (χ1n) is 5.79. The second kappa shape index (κ2) is 6.24. The number of amides is 2. The maximum Gasteiger partial charge on any atom is 0.327 e. The van der Waals surface area contributed by atoms with E-state index >= 15 is 0 Å². The molecule has 1 aliphatic heterocycles. The average Bonchev–Trinajstić information content (AvgIpc) is 2.76. The standard InChI is InChI=1S/C12H12BrClN2O3S/c1-6-16(10(5-20-6)11(17)18)12(19)15-7-2-3-9(14)8(13)4-7/h2-4,6,10H,5H2,1H3,(H,15,19)(H,17,18). The quantitative estimate of drug-likeness (QED) is 0.825. The molecule has 2 rings (SSSR count). The molecule has 1 fully saturated rings. The lowest BCUT2D eigenvalue weighted by molar-refractivity contribution is -0.141. The van der Waals surface area contributed by atoms with Crippen LogP contribution < -0.4 is 5.32 Å². The number of halogens is 2. The van der Waals surface area contributed by atoms with Crippen LogP contribution in [0.15, 0.2) is 22.7 Å². The second-order valence-electron chi connectivity index (χ2n) is 4.25. The van der Waals surface area contributed by atoms with Gasteiger partial charge in [0, 0.05) is 15.9 Å². The van der Waals surface area contributed by atoms with Crippen LogP contribution in [0.1, 0.15) is 6.92 Å². The monoisotopic (exact) mass is 378 g/mol. The number of hydrogen-bond donors (Lipinski definition) is 2. The number of hydrogen-bond acceptors (Lipinski definition) is 3. The number of benzene rings is 1. The zero-order valence-corrected chi connectivity index (χ0v) is 13.6. The Morgan fingerprint density at radius 3 is 2.85 bits per heavy atom. The van der Waals surface area contributed by atoms with E-state index in [9.17, 15) is 9.59 Å². The summed E-state index contributed by atoms with van der Waals surface area (Å²) in [5, 5.41) is 12.2. The fourth-order valence-electron chi connectivity index (χ4n) is 1.90. The SMILES string of the molecule is CC1SCC(C(=O)O)N1C(=O)Nc1ccc(Cl)c(Br)c1. The van der Waals surface area contributed by atoms with Gasteiger partial charge in [0.1, 0.15) is 6.04 Å². The topological polar surface area (TPSA) is 69.6 Å². The van der Waals surface area contributed by atoms with Gasteiger partial charge in [0.15, 0.2) is 0 Å². The van der Waals surface area contributed by atoms with Crippen LogP contribution in [0.4, 0.5) is 10.5 Å². The molecule has 0 spiro atoms. The highest BCUT2D eigenvalue weighted by atomic mass is 79.9. The van der Waals surface area contributed by atoms with Gasteiger partial charge in [-0.15, -0.1) is 11.8 Å². The zero-order chi connectivity index (χ0) is 14.9. The van der Waals surface area contributed by atoms with Crippen LogP contribution in [-0.2, 0) is 4.79 Å². The molecule has 2 amide bonds. The van der Waals surface area contributed by atoms with Gasteiger partial charge < -0.3 is 10.4 Å². The molecule has 1 heterocycles. The fraction of sp³-hybridized carbons (Fsp3) is 0.333. The average molecular weight is 380 g/mol. The Kier molecular flexibility index (Phi) is 4.82. The fourth-order valence-corrected chi connectivity index (χ4v) is 3.57. The Morgan fingerprint density at radius 1 is 1.55 bits per heavy atom. The molecule has 2 atom stereocenters. The highest BCUT2D eigenvalue weighted by Crippen LogP contribution is 2.30. The zero-order valence-electron chi connectivity index (χ0n) is 10.5. The molecule has 1 aromatic rings. The minimum Gasteiger partial charge on any atom is -0.480 e. The highest BCUT2D eigenvalue weighted by molar-refractivity contribution is 9.10. The van der Waals surface area contributed by atoms with E-state index in [1.807, 2.05) is 6.92 Å². The van der Waals surface area contributed by atoms with E-state index in [1.54, 1.807) is 18.2 Å². The first kappa shape index (κ1) is 15.5. The number of nitrogens with one attached hydrogen (secondary N) is 1. The molecule has 0 bridgehead atoms. The number of carbonyl (C=O) groups excluding carboxylic acids is 1. The molecule has 0 aliphatic carbocycles. The van der Waals surface area contributed by atoms with Gasteiger partial charge in [-0.25, -0.2) is 9.59 Å². The Morgan fingerprint density at radius 2 is 2.25 bits per heavy atom. The lowest BCUT2D eigenvalue weighted by Crippen LogP contribution is -2.46. The molecule has 0 radical (unpaired) electrons. The van der Waals surface area contributed by atoms with Crippen LogP contribution in [0.25, 0.3) is 0 Å². The van der Waals surface area contributed by atoms with E-state index in [-0.39, 0.29) is 5.37 Å². The van der Waals surface area contributed by atoms with Gasteiger partial charge in [-0.3, -0.25) is 4.90 Å². The number of urea groups is 1. The summed E-state index contributed by atoms with van der Waals surface area (Å²) in [7, 11) is 0. The first-order valence-corrected chi connectivity index (χ1v) is 8.01. The highest BCUT2D eigenvalue weighted by Gasteiger charge is 2.39. The third-order valence-electron chi connectivity index (χ3n) is 2.91. The summed E-state index contributed by atoms with van der Waals surface area (Å²) in [4.78, 5) is 24.7. The van der Waals surface area contributed by atoms with Gasteiger partial charge in [-0.2, -0.15) is 0 Å². The summed E-state index contributed by atoms with van der Waals surface area (Å²) in [6.07, 6.45) is 0. The van der Waals surface area contributed by atoms with Crippen molar-refractivity contribution in [3.63, 3.8) is 0 Å². The van der Waals surface area contributed by atoms with Gasteiger partial charge in [-0.05, 0) is 41.1 Å². The maximum absolute atomic E-state index is 12.2. The molecule has 1 saturated heterocycles. The summed E-state index contributed by atoms with van der Waals surface area (Å²) >= 11 is 10.6. The molecule has 20 heavy (non-hydrogen) atoms. The van der Waals surface area contributed by atoms with Crippen molar-refractivity contribution in [1.29, 1.82) is 0 Å². The smallest absolute Gasteiger partial charge is 0.327 e. The van der Waals surface area contributed by atoms with Crippen molar-refractivity contribution in [3.05, 3.63) is 27.7 Å². The van der Waals surface area contributed by atoms with E-state index in [4.69, 9.17) is 16.7 Å². The van der Waals surface area contributed by atoms with E-state index < -0.39 is 18.0 Å². The lowest BCUT2D eigenvalue weighted by atomic mass is 10.3. The van der Waals surface area contributed by atoms with Crippen molar-refractivity contribution >= 4 is 57.0 Å². The molecule has 1 aliphatic rings. The van der Waals surface area contributed by atoms with Crippen molar-refractivity contribution in [2.75, 3.05) is 11.1 Å². The Labute approximate surface area is 133 Å². The molecule has 1 aromatic carbocycles. The molecule has 8 heteroatoms. The van der Waals surface area contributed by atoms with Crippen molar-refractivity contribution in [2.45, 2.75) is 18.3 Å². The molecule has 108 valence electrons. The molecular formula is C12H12BrClN2O3S. The third-order valence-corrected chi connectivity index (χ3v) is 5.34. The minimum absolute atomic E-state index is 0.174. The van der Waals surface area contributed by atoms with Gasteiger partial charge in [-0.1, -0.05) is 11.6 Å². The second-order valence-corrected chi connectivity index (χ2v) is 6.86. The van der Waals surface area contributed by atoms with Crippen LogP contribution >= 0.6 is 39.3 Å².